The molecule has 0 bridgehead atoms. The summed E-state index contributed by atoms with van der Waals surface area (Å²) in [6, 6.07) is 6.73. The van der Waals surface area contributed by atoms with Crippen LogP contribution in [-0.2, 0) is 6.18 Å². The van der Waals surface area contributed by atoms with Crippen molar-refractivity contribution in [2.75, 3.05) is 0 Å². The molecule has 0 radical (unpaired) electrons. The highest BCUT2D eigenvalue weighted by Gasteiger charge is 2.32. The van der Waals surface area contributed by atoms with Gasteiger partial charge >= 0.3 is 12.5 Å². The van der Waals surface area contributed by atoms with Crippen LogP contribution in [0.25, 0.3) is 11.1 Å². The first-order valence-electron chi connectivity index (χ1n) is 6.13. The Bertz CT molecular complexity index is 701. The van der Waals surface area contributed by atoms with E-state index < -0.39 is 23.9 Å². The van der Waals surface area contributed by atoms with E-state index >= 15 is 0 Å². The predicted octanol–water partition coefficient (Wildman–Crippen LogP) is 5.08. The van der Waals surface area contributed by atoms with Crippen molar-refractivity contribution in [3.63, 3.8) is 0 Å². The molecule has 0 unspecified atom stereocenters. The summed E-state index contributed by atoms with van der Waals surface area (Å²) >= 11 is 0. The van der Waals surface area contributed by atoms with Crippen molar-refractivity contribution in [3.8, 4) is 16.9 Å². The van der Waals surface area contributed by atoms with E-state index in [1.54, 1.807) is 0 Å². The van der Waals surface area contributed by atoms with Crippen LogP contribution >= 0.6 is 0 Å². The van der Waals surface area contributed by atoms with Gasteiger partial charge in [0.05, 0.1) is 5.56 Å². The molecule has 0 aliphatic heterocycles. The van der Waals surface area contributed by atoms with Gasteiger partial charge < -0.3 is 4.74 Å². The van der Waals surface area contributed by atoms with Crippen molar-refractivity contribution in [2.45, 2.75) is 12.5 Å². The van der Waals surface area contributed by atoms with Crippen LogP contribution in [0, 0.1) is 0 Å². The fourth-order valence-corrected chi connectivity index (χ4v) is 1.92. The molecule has 8 heteroatoms. The molecule has 122 valence electrons. The van der Waals surface area contributed by atoms with Crippen molar-refractivity contribution < 1.29 is 35.9 Å². The van der Waals surface area contributed by atoms with Crippen LogP contribution in [0.5, 0.6) is 5.75 Å². The van der Waals surface area contributed by atoms with Crippen LogP contribution < -0.4 is 4.74 Å². The molecule has 0 saturated heterocycles. The van der Waals surface area contributed by atoms with Gasteiger partial charge in [-0.15, -0.1) is 13.2 Å². The third kappa shape index (κ3) is 4.24. The Labute approximate surface area is 126 Å². The van der Waals surface area contributed by atoms with Crippen molar-refractivity contribution in [1.29, 1.82) is 0 Å². The van der Waals surface area contributed by atoms with E-state index in [1.165, 1.54) is 0 Å². The zero-order valence-corrected chi connectivity index (χ0v) is 11.2. The van der Waals surface area contributed by atoms with E-state index in [9.17, 15) is 31.1 Å². The van der Waals surface area contributed by atoms with Gasteiger partial charge in [-0.1, -0.05) is 18.2 Å². The van der Waals surface area contributed by atoms with E-state index in [1.807, 2.05) is 0 Å². The smallest absolute Gasteiger partial charge is 0.406 e. The quantitative estimate of drug-likeness (QED) is 0.578. The van der Waals surface area contributed by atoms with Crippen LogP contribution in [0.2, 0.25) is 0 Å². The molecule has 0 amide bonds. The van der Waals surface area contributed by atoms with Crippen LogP contribution in [0.15, 0.2) is 42.5 Å². The fourth-order valence-electron chi connectivity index (χ4n) is 1.92. The summed E-state index contributed by atoms with van der Waals surface area (Å²) in [7, 11) is 0. The summed E-state index contributed by atoms with van der Waals surface area (Å²) in [5.74, 6) is -0.513. The summed E-state index contributed by atoms with van der Waals surface area (Å²) in [5, 5.41) is 0. The molecular weight excluding hydrogens is 326 g/mol. The number of carbonyl (C=O) groups excluding carboxylic acids is 1. The van der Waals surface area contributed by atoms with Gasteiger partial charge in [0.2, 0.25) is 0 Å². The summed E-state index contributed by atoms with van der Waals surface area (Å²) < 4.78 is 78.1. The number of aldehydes is 1. The van der Waals surface area contributed by atoms with Crippen LogP contribution in [0.1, 0.15) is 15.9 Å². The van der Waals surface area contributed by atoms with Gasteiger partial charge in [0.15, 0.2) is 6.29 Å². The minimum Gasteiger partial charge on any atom is -0.406 e. The number of hydrogen-bond acceptors (Lipinski definition) is 2. The molecule has 2 rings (SSSR count). The molecule has 0 spiro atoms. The largest absolute Gasteiger partial charge is 0.573 e. The van der Waals surface area contributed by atoms with Crippen molar-refractivity contribution in [1.82, 2.24) is 0 Å². The van der Waals surface area contributed by atoms with E-state index in [-0.39, 0.29) is 16.7 Å². The van der Waals surface area contributed by atoms with E-state index in [2.05, 4.69) is 4.74 Å². The van der Waals surface area contributed by atoms with Crippen LogP contribution in [0.3, 0.4) is 0 Å². The Kier molecular flexibility index (Phi) is 4.35. The number of alkyl halides is 6. The zero-order valence-electron chi connectivity index (χ0n) is 11.2. The molecule has 0 aromatic heterocycles. The number of halogens is 6. The second-order valence-electron chi connectivity index (χ2n) is 4.49. The van der Waals surface area contributed by atoms with Gasteiger partial charge in [0.25, 0.3) is 0 Å². The standard InChI is InChI=1S/C15H8F6O2/c16-14(17,18)11-4-1-10(8-22)13(7-11)9-2-5-12(6-3-9)23-15(19,20)21/h1-8H. The van der Waals surface area contributed by atoms with Gasteiger partial charge in [-0.3, -0.25) is 4.79 Å². The molecule has 0 fully saturated rings. The number of ether oxygens (including phenoxy) is 1. The number of benzene rings is 2. The first kappa shape index (κ1) is 16.9. The summed E-state index contributed by atoms with van der Waals surface area (Å²) in [6.45, 7) is 0. The van der Waals surface area contributed by atoms with E-state index in [0.29, 0.717) is 6.29 Å². The molecule has 0 aliphatic carbocycles. The Hall–Kier alpha value is -2.51. The second-order valence-corrected chi connectivity index (χ2v) is 4.49. The molecule has 0 saturated carbocycles. The molecular formula is C15H8F6O2. The summed E-state index contributed by atoms with van der Waals surface area (Å²) in [5.41, 5.74) is -0.850. The Balaban J connectivity index is 2.42. The lowest BCUT2D eigenvalue weighted by atomic mass is 9.97. The van der Waals surface area contributed by atoms with Gasteiger partial charge in [0.1, 0.15) is 5.75 Å². The average Bonchev–Trinajstić information content (AvgIpc) is 2.45. The van der Waals surface area contributed by atoms with E-state index in [4.69, 9.17) is 0 Å². The average molecular weight is 334 g/mol. The van der Waals surface area contributed by atoms with Gasteiger partial charge in [-0.05, 0) is 35.4 Å². The Morgan fingerprint density at radius 1 is 0.870 bits per heavy atom. The van der Waals surface area contributed by atoms with Gasteiger partial charge in [-0.25, -0.2) is 0 Å². The second kappa shape index (κ2) is 5.94. The fraction of sp³-hybridized carbons (Fsp3) is 0.133. The molecule has 0 heterocycles. The van der Waals surface area contributed by atoms with E-state index in [0.717, 1.165) is 42.5 Å². The minimum absolute atomic E-state index is 0.0116. The molecule has 0 atom stereocenters. The third-order valence-corrected chi connectivity index (χ3v) is 2.91. The predicted molar refractivity (Wildman–Crippen MR) is 69.0 cm³/mol. The Morgan fingerprint density at radius 2 is 1.48 bits per heavy atom. The minimum atomic E-state index is -4.87. The van der Waals surface area contributed by atoms with Crippen LogP contribution in [0.4, 0.5) is 26.3 Å². The number of hydrogen-bond donors (Lipinski definition) is 0. The SMILES string of the molecule is O=Cc1ccc(C(F)(F)F)cc1-c1ccc(OC(F)(F)F)cc1. The highest BCUT2D eigenvalue weighted by Crippen LogP contribution is 2.34. The maximum Gasteiger partial charge on any atom is 0.573 e. The molecule has 2 aromatic rings. The maximum atomic E-state index is 12.7. The number of rotatable bonds is 3. The lowest BCUT2D eigenvalue weighted by molar-refractivity contribution is -0.274. The highest BCUT2D eigenvalue weighted by molar-refractivity contribution is 5.88. The van der Waals surface area contributed by atoms with Crippen molar-refractivity contribution >= 4 is 6.29 Å². The van der Waals surface area contributed by atoms with Crippen LogP contribution in [-0.4, -0.2) is 12.6 Å². The van der Waals surface area contributed by atoms with Gasteiger partial charge in [0, 0.05) is 5.56 Å². The lowest BCUT2D eigenvalue weighted by Crippen LogP contribution is -2.16. The van der Waals surface area contributed by atoms with Gasteiger partial charge in [-0.2, -0.15) is 13.2 Å². The zero-order chi connectivity index (χ0) is 17.3. The normalized spacial score (nSPS) is 12.1. The number of carbonyl (C=O) groups is 1. The van der Waals surface area contributed by atoms with Crippen molar-refractivity contribution in [3.05, 3.63) is 53.6 Å². The molecule has 2 nitrogen and oxygen atoms in total. The monoisotopic (exact) mass is 334 g/mol. The topological polar surface area (TPSA) is 26.3 Å². The first-order valence-corrected chi connectivity index (χ1v) is 6.13. The lowest BCUT2D eigenvalue weighted by Gasteiger charge is -2.12. The van der Waals surface area contributed by atoms with Crippen molar-refractivity contribution in [2.24, 2.45) is 0 Å². The summed E-state index contributed by atoms with van der Waals surface area (Å²) in [4.78, 5) is 11.0. The third-order valence-electron chi connectivity index (χ3n) is 2.91. The molecule has 0 N–H and O–H groups in total. The maximum absolute atomic E-state index is 12.7. The molecule has 2 aromatic carbocycles. The Morgan fingerprint density at radius 3 is 1.96 bits per heavy atom. The molecule has 23 heavy (non-hydrogen) atoms. The highest BCUT2D eigenvalue weighted by atomic mass is 19.4. The molecule has 0 aliphatic rings. The summed E-state index contributed by atoms with van der Waals surface area (Å²) in [6.07, 6.45) is -9.10. The first-order chi connectivity index (χ1) is 10.6.